The van der Waals surface area contributed by atoms with E-state index in [9.17, 15) is 4.39 Å². The van der Waals surface area contributed by atoms with Gasteiger partial charge in [0.2, 0.25) is 0 Å². The van der Waals surface area contributed by atoms with Crippen LogP contribution < -0.4 is 0 Å². The largest absolute Gasteiger partial charge is 0.326 e. The number of imidazole rings is 2. The number of nitrogens with zero attached hydrogens (tertiary/aromatic N) is 5. The molecule has 0 aliphatic rings. The Labute approximate surface area is 144 Å². The highest BCUT2D eigenvalue weighted by Gasteiger charge is 2.13. The quantitative estimate of drug-likeness (QED) is 0.556. The molecule has 0 amide bonds. The van der Waals surface area contributed by atoms with Crippen molar-refractivity contribution in [1.82, 2.24) is 24.1 Å². The molecule has 0 N–H and O–H groups in total. The number of hydrogen-bond donors (Lipinski definition) is 0. The van der Waals surface area contributed by atoms with Crippen LogP contribution in [0, 0.1) is 5.82 Å². The number of fused-ring (bicyclic) bond motifs is 1. The minimum absolute atomic E-state index is 0.267. The molecule has 126 valence electrons. The van der Waals surface area contributed by atoms with Gasteiger partial charge in [0.25, 0.3) is 0 Å². The van der Waals surface area contributed by atoms with Crippen molar-refractivity contribution in [1.29, 1.82) is 0 Å². The second kappa shape index (κ2) is 6.47. The molecule has 3 heterocycles. The second-order valence-electron chi connectivity index (χ2n) is 5.93. The highest BCUT2D eigenvalue weighted by Crippen LogP contribution is 2.21. The zero-order valence-corrected chi connectivity index (χ0v) is 13.9. The van der Waals surface area contributed by atoms with E-state index in [1.807, 2.05) is 22.9 Å². The maximum Gasteiger partial charge on any atom is 0.140 e. The maximum atomic E-state index is 13.6. The summed E-state index contributed by atoms with van der Waals surface area (Å²) < 4.78 is 17.8. The summed E-state index contributed by atoms with van der Waals surface area (Å²) in [6.45, 7) is 3.60. The lowest BCUT2D eigenvalue weighted by atomic mass is 10.2. The molecular weight excluding hydrogens is 317 g/mol. The van der Waals surface area contributed by atoms with Gasteiger partial charge < -0.3 is 9.13 Å². The number of rotatable bonds is 5. The summed E-state index contributed by atoms with van der Waals surface area (Å²) in [5.74, 6) is 1.41. The lowest BCUT2D eigenvalue weighted by Gasteiger charge is -2.11. The Bertz CT molecular complexity index is 1020. The summed E-state index contributed by atoms with van der Waals surface area (Å²) in [4.78, 5) is 13.3. The zero-order chi connectivity index (χ0) is 17.2. The lowest BCUT2D eigenvalue weighted by molar-refractivity contribution is 0.623. The van der Waals surface area contributed by atoms with Gasteiger partial charge in [0.1, 0.15) is 23.0 Å². The maximum absolute atomic E-state index is 13.6. The van der Waals surface area contributed by atoms with Gasteiger partial charge in [-0.05, 0) is 24.6 Å². The van der Waals surface area contributed by atoms with Crippen LogP contribution in [-0.4, -0.2) is 24.1 Å². The van der Waals surface area contributed by atoms with E-state index < -0.39 is 0 Å². The molecule has 0 spiro atoms. The Hall–Kier alpha value is -3.02. The van der Waals surface area contributed by atoms with Gasteiger partial charge in [-0.2, -0.15) is 0 Å². The summed E-state index contributed by atoms with van der Waals surface area (Å²) in [6.07, 6.45) is 8.21. The van der Waals surface area contributed by atoms with E-state index in [1.54, 1.807) is 24.7 Å². The smallest absolute Gasteiger partial charge is 0.140 e. The van der Waals surface area contributed by atoms with Crippen LogP contribution in [0.1, 0.15) is 19.2 Å². The summed E-state index contributed by atoms with van der Waals surface area (Å²) in [6, 6.07) is 8.48. The van der Waals surface area contributed by atoms with Crippen LogP contribution in [-0.2, 0) is 13.1 Å². The average Bonchev–Trinajstić information content (AvgIpc) is 3.21. The fourth-order valence-corrected chi connectivity index (χ4v) is 3.10. The number of aryl methyl sites for hydroxylation is 1. The third-order valence-corrected chi connectivity index (χ3v) is 4.19. The molecule has 25 heavy (non-hydrogen) atoms. The number of hydrogen-bond acceptors (Lipinski definition) is 3. The van der Waals surface area contributed by atoms with Crippen LogP contribution in [0.5, 0.6) is 0 Å². The number of pyridine rings is 1. The normalized spacial score (nSPS) is 11.3. The zero-order valence-electron chi connectivity index (χ0n) is 13.9. The fraction of sp³-hybridized carbons (Fsp3) is 0.211. The highest BCUT2D eigenvalue weighted by molar-refractivity contribution is 5.74. The van der Waals surface area contributed by atoms with Crippen LogP contribution in [0.2, 0.25) is 0 Å². The SMILES string of the molecule is CCCn1c(Cn2ccnc2-c2cccc(F)c2)nc2cnccc21. The van der Waals surface area contributed by atoms with Gasteiger partial charge in [0, 0.05) is 30.7 Å². The van der Waals surface area contributed by atoms with Gasteiger partial charge >= 0.3 is 0 Å². The van der Waals surface area contributed by atoms with Crippen molar-refractivity contribution in [2.45, 2.75) is 26.4 Å². The number of halogens is 1. The van der Waals surface area contributed by atoms with Crippen LogP contribution in [0.4, 0.5) is 4.39 Å². The average molecular weight is 335 g/mol. The molecule has 3 aromatic heterocycles. The molecule has 0 aliphatic heterocycles. The summed E-state index contributed by atoms with van der Waals surface area (Å²) in [7, 11) is 0. The van der Waals surface area contributed by atoms with Gasteiger partial charge in [-0.3, -0.25) is 4.98 Å². The summed E-state index contributed by atoms with van der Waals surface area (Å²) in [5.41, 5.74) is 2.72. The summed E-state index contributed by atoms with van der Waals surface area (Å²) >= 11 is 0. The van der Waals surface area contributed by atoms with Gasteiger partial charge in [-0.15, -0.1) is 0 Å². The monoisotopic (exact) mass is 335 g/mol. The molecule has 0 bridgehead atoms. The molecule has 4 rings (SSSR count). The lowest BCUT2D eigenvalue weighted by Crippen LogP contribution is -2.09. The molecule has 0 radical (unpaired) electrons. The van der Waals surface area contributed by atoms with E-state index in [4.69, 9.17) is 4.98 Å². The van der Waals surface area contributed by atoms with Crippen LogP contribution >= 0.6 is 0 Å². The first-order valence-corrected chi connectivity index (χ1v) is 8.32. The van der Waals surface area contributed by atoms with Crippen molar-refractivity contribution < 1.29 is 4.39 Å². The molecule has 0 fully saturated rings. The van der Waals surface area contributed by atoms with Gasteiger partial charge in [0.15, 0.2) is 0 Å². The third-order valence-electron chi connectivity index (χ3n) is 4.19. The molecule has 4 aromatic rings. The Balaban J connectivity index is 1.76. The first-order valence-electron chi connectivity index (χ1n) is 8.32. The molecule has 5 nitrogen and oxygen atoms in total. The predicted molar refractivity (Wildman–Crippen MR) is 94.5 cm³/mol. The molecule has 0 atom stereocenters. The Morgan fingerprint density at radius 1 is 1.16 bits per heavy atom. The second-order valence-corrected chi connectivity index (χ2v) is 5.93. The first-order chi connectivity index (χ1) is 12.3. The minimum Gasteiger partial charge on any atom is -0.326 e. The molecule has 0 saturated heterocycles. The Kier molecular flexibility index (Phi) is 4.01. The van der Waals surface area contributed by atoms with E-state index in [1.165, 1.54) is 12.1 Å². The number of benzene rings is 1. The number of aromatic nitrogens is 5. The van der Waals surface area contributed by atoms with Gasteiger partial charge in [0.05, 0.1) is 18.3 Å². The molecular formula is C19H18FN5. The van der Waals surface area contributed by atoms with Crippen molar-refractivity contribution in [2.75, 3.05) is 0 Å². The van der Waals surface area contributed by atoms with Crippen molar-refractivity contribution in [3.63, 3.8) is 0 Å². The Morgan fingerprint density at radius 3 is 2.92 bits per heavy atom. The molecule has 0 saturated carbocycles. The highest BCUT2D eigenvalue weighted by atomic mass is 19.1. The first kappa shape index (κ1) is 15.5. The van der Waals surface area contributed by atoms with E-state index in [-0.39, 0.29) is 5.82 Å². The van der Waals surface area contributed by atoms with Crippen LogP contribution in [0.15, 0.2) is 55.1 Å². The molecule has 1 aromatic carbocycles. The van der Waals surface area contributed by atoms with Crippen LogP contribution in [0.25, 0.3) is 22.4 Å². The van der Waals surface area contributed by atoms with Crippen LogP contribution in [0.3, 0.4) is 0 Å². The van der Waals surface area contributed by atoms with Crippen molar-refractivity contribution >= 4 is 11.0 Å². The molecule has 0 aliphatic carbocycles. The van der Waals surface area contributed by atoms with Crippen molar-refractivity contribution in [2.24, 2.45) is 0 Å². The molecule has 6 heteroatoms. The standard InChI is InChI=1S/C19H18FN5/c1-2-9-25-17-6-7-21-12-16(17)23-18(25)13-24-10-8-22-19(24)14-4-3-5-15(20)11-14/h3-8,10-12H,2,9,13H2,1H3. The van der Waals surface area contributed by atoms with Crippen molar-refractivity contribution in [3.05, 3.63) is 66.8 Å². The van der Waals surface area contributed by atoms with E-state index in [0.717, 1.165) is 41.2 Å². The topological polar surface area (TPSA) is 48.5 Å². The van der Waals surface area contributed by atoms with E-state index >= 15 is 0 Å². The van der Waals surface area contributed by atoms with Gasteiger partial charge in [-0.1, -0.05) is 19.1 Å². The van der Waals surface area contributed by atoms with Gasteiger partial charge in [-0.25, -0.2) is 14.4 Å². The van der Waals surface area contributed by atoms with Crippen molar-refractivity contribution in [3.8, 4) is 11.4 Å². The predicted octanol–water partition coefficient (Wildman–Crippen LogP) is 3.89. The van der Waals surface area contributed by atoms with E-state index in [0.29, 0.717) is 6.54 Å². The molecule has 0 unspecified atom stereocenters. The summed E-state index contributed by atoms with van der Waals surface area (Å²) in [5, 5.41) is 0. The fourth-order valence-electron chi connectivity index (χ4n) is 3.10. The van der Waals surface area contributed by atoms with E-state index in [2.05, 4.69) is 21.5 Å². The third kappa shape index (κ3) is 2.91. The minimum atomic E-state index is -0.267. The Morgan fingerprint density at radius 2 is 2.08 bits per heavy atom.